The van der Waals surface area contributed by atoms with Gasteiger partial charge in [-0.15, -0.1) is 11.3 Å². The van der Waals surface area contributed by atoms with Crippen LogP contribution in [-0.4, -0.2) is 36.6 Å². The van der Waals surface area contributed by atoms with Crippen molar-refractivity contribution in [3.63, 3.8) is 0 Å². The smallest absolute Gasteiger partial charge is 0.344 e. The molecule has 0 fully saturated rings. The van der Waals surface area contributed by atoms with E-state index in [1.54, 1.807) is 42.7 Å². The summed E-state index contributed by atoms with van der Waals surface area (Å²) in [6.07, 6.45) is 0. The normalized spacial score (nSPS) is 10.6. The SMILES string of the molecule is COc1ccc(OCC(=O)OCC(=O)c2cc(C)n(Cc3cccs3)c2C)cc1. The maximum absolute atomic E-state index is 12.5. The first-order valence-corrected chi connectivity index (χ1v) is 10.0. The quantitative estimate of drug-likeness (QED) is 0.391. The molecular weight excluding hydrogens is 390 g/mol. The van der Waals surface area contributed by atoms with Crippen molar-refractivity contribution in [2.45, 2.75) is 20.4 Å². The van der Waals surface area contributed by atoms with Crippen LogP contribution in [-0.2, 0) is 16.1 Å². The Hall–Kier alpha value is -3.06. The number of methoxy groups -OCH3 is 1. The topological polar surface area (TPSA) is 66.8 Å². The van der Waals surface area contributed by atoms with Crippen LogP contribution in [0.3, 0.4) is 0 Å². The summed E-state index contributed by atoms with van der Waals surface area (Å²) in [5, 5.41) is 2.03. The van der Waals surface area contributed by atoms with Crippen molar-refractivity contribution >= 4 is 23.1 Å². The minimum Gasteiger partial charge on any atom is -0.497 e. The number of aromatic nitrogens is 1. The summed E-state index contributed by atoms with van der Waals surface area (Å²) < 4.78 is 17.6. The highest BCUT2D eigenvalue weighted by Crippen LogP contribution is 2.20. The van der Waals surface area contributed by atoms with Crippen molar-refractivity contribution in [3.05, 3.63) is 69.7 Å². The molecule has 7 heteroatoms. The molecule has 0 spiro atoms. The number of nitrogens with zero attached hydrogens (tertiary/aromatic N) is 1. The standard InChI is InChI=1S/C22H23NO5S/c1-15-11-20(16(2)23(15)12-19-5-4-10-29-19)21(24)13-28-22(25)14-27-18-8-6-17(26-3)7-9-18/h4-11H,12-14H2,1-3H3. The molecule has 152 valence electrons. The van der Waals surface area contributed by atoms with Gasteiger partial charge in [-0.2, -0.15) is 0 Å². The number of rotatable bonds is 9. The molecule has 0 amide bonds. The maximum Gasteiger partial charge on any atom is 0.344 e. The predicted octanol–water partition coefficient (Wildman–Crippen LogP) is 4.03. The fourth-order valence-electron chi connectivity index (χ4n) is 2.96. The highest BCUT2D eigenvalue weighted by Gasteiger charge is 2.18. The lowest BCUT2D eigenvalue weighted by Crippen LogP contribution is -2.20. The van der Waals surface area contributed by atoms with Gasteiger partial charge in [0.25, 0.3) is 0 Å². The van der Waals surface area contributed by atoms with Crippen LogP contribution in [0.25, 0.3) is 0 Å². The third-order valence-corrected chi connectivity index (χ3v) is 5.41. The zero-order valence-corrected chi connectivity index (χ0v) is 17.5. The van der Waals surface area contributed by atoms with Gasteiger partial charge in [-0.25, -0.2) is 4.79 Å². The molecule has 2 heterocycles. The Kier molecular flexibility index (Phi) is 6.72. The minimum absolute atomic E-state index is 0.228. The molecule has 3 aromatic rings. The minimum atomic E-state index is -0.596. The zero-order valence-electron chi connectivity index (χ0n) is 16.6. The summed E-state index contributed by atoms with van der Waals surface area (Å²) in [7, 11) is 1.57. The van der Waals surface area contributed by atoms with E-state index < -0.39 is 5.97 Å². The van der Waals surface area contributed by atoms with E-state index in [1.807, 2.05) is 31.4 Å². The second-order valence-corrected chi connectivity index (χ2v) is 7.53. The molecule has 0 radical (unpaired) electrons. The molecule has 0 bridgehead atoms. The molecule has 6 nitrogen and oxygen atoms in total. The van der Waals surface area contributed by atoms with Crippen molar-refractivity contribution in [3.8, 4) is 11.5 Å². The second kappa shape index (κ2) is 9.43. The second-order valence-electron chi connectivity index (χ2n) is 6.50. The molecule has 0 saturated carbocycles. The van der Waals surface area contributed by atoms with Crippen molar-refractivity contribution in [2.75, 3.05) is 20.3 Å². The molecule has 3 rings (SSSR count). The molecule has 0 N–H and O–H groups in total. The van der Waals surface area contributed by atoms with Crippen LogP contribution in [0.4, 0.5) is 0 Å². The average Bonchev–Trinajstić information content (AvgIpc) is 3.34. The number of thiophene rings is 1. The molecule has 0 saturated heterocycles. The molecule has 29 heavy (non-hydrogen) atoms. The molecule has 0 aliphatic rings. The van der Waals surface area contributed by atoms with Gasteiger partial charge in [-0.1, -0.05) is 6.07 Å². The molecule has 1 aromatic carbocycles. The number of carbonyl (C=O) groups excluding carboxylic acids is 2. The van der Waals surface area contributed by atoms with Gasteiger partial charge in [0.2, 0.25) is 5.78 Å². The van der Waals surface area contributed by atoms with E-state index in [9.17, 15) is 9.59 Å². The summed E-state index contributed by atoms with van der Waals surface area (Å²) in [5.74, 6) is 0.392. The number of Topliss-reactive ketones (excluding diaryl/α,β-unsaturated/α-hetero) is 1. The van der Waals surface area contributed by atoms with E-state index in [4.69, 9.17) is 14.2 Å². The van der Waals surface area contributed by atoms with E-state index in [0.29, 0.717) is 17.1 Å². The van der Waals surface area contributed by atoms with E-state index in [0.717, 1.165) is 17.9 Å². The first-order valence-electron chi connectivity index (χ1n) is 9.12. The Morgan fingerprint density at radius 3 is 2.41 bits per heavy atom. The Morgan fingerprint density at radius 2 is 1.76 bits per heavy atom. The van der Waals surface area contributed by atoms with Gasteiger partial charge in [0.1, 0.15) is 11.5 Å². The van der Waals surface area contributed by atoms with Gasteiger partial charge in [-0.3, -0.25) is 4.79 Å². The van der Waals surface area contributed by atoms with Crippen LogP contribution < -0.4 is 9.47 Å². The Bertz CT molecular complexity index is 974. The van der Waals surface area contributed by atoms with Crippen LogP contribution in [0.2, 0.25) is 0 Å². The highest BCUT2D eigenvalue weighted by atomic mass is 32.1. The van der Waals surface area contributed by atoms with Crippen LogP contribution in [0.5, 0.6) is 11.5 Å². The lowest BCUT2D eigenvalue weighted by atomic mass is 10.1. The number of hydrogen-bond acceptors (Lipinski definition) is 6. The monoisotopic (exact) mass is 413 g/mol. The van der Waals surface area contributed by atoms with Crippen molar-refractivity contribution in [1.29, 1.82) is 0 Å². The first-order chi connectivity index (χ1) is 14.0. The fourth-order valence-corrected chi connectivity index (χ4v) is 3.66. The van der Waals surface area contributed by atoms with Crippen molar-refractivity contribution in [1.82, 2.24) is 4.57 Å². The van der Waals surface area contributed by atoms with Gasteiger partial charge >= 0.3 is 5.97 Å². The number of carbonyl (C=O) groups is 2. The van der Waals surface area contributed by atoms with Gasteiger partial charge in [-0.05, 0) is 55.6 Å². The lowest BCUT2D eigenvalue weighted by Gasteiger charge is -2.09. The van der Waals surface area contributed by atoms with Crippen LogP contribution >= 0.6 is 11.3 Å². The zero-order chi connectivity index (χ0) is 20.8. The summed E-state index contributed by atoms with van der Waals surface area (Å²) in [6, 6.07) is 12.8. The third-order valence-electron chi connectivity index (χ3n) is 4.55. The molecular formula is C22H23NO5S. The first kappa shape index (κ1) is 20.7. The van der Waals surface area contributed by atoms with Crippen LogP contribution in [0.15, 0.2) is 47.8 Å². The molecule has 0 aliphatic carbocycles. The summed E-state index contributed by atoms with van der Waals surface area (Å²) in [6.45, 7) is 4.01. The van der Waals surface area contributed by atoms with Crippen molar-refractivity contribution in [2.24, 2.45) is 0 Å². The largest absolute Gasteiger partial charge is 0.497 e. The molecule has 0 aliphatic heterocycles. The maximum atomic E-state index is 12.5. The van der Waals surface area contributed by atoms with E-state index in [2.05, 4.69) is 10.6 Å². The number of aryl methyl sites for hydroxylation is 1. The van der Waals surface area contributed by atoms with E-state index >= 15 is 0 Å². The van der Waals surface area contributed by atoms with Crippen molar-refractivity contribution < 1.29 is 23.8 Å². The van der Waals surface area contributed by atoms with Gasteiger partial charge < -0.3 is 18.8 Å². The average molecular weight is 413 g/mol. The summed E-state index contributed by atoms with van der Waals surface area (Å²) in [4.78, 5) is 25.7. The number of ether oxygens (including phenoxy) is 3. The van der Waals surface area contributed by atoms with E-state index in [1.165, 1.54) is 4.88 Å². The Labute approximate surface area is 173 Å². The molecule has 0 unspecified atom stereocenters. The Morgan fingerprint density at radius 1 is 1.03 bits per heavy atom. The van der Waals surface area contributed by atoms with Crippen LogP contribution in [0.1, 0.15) is 26.6 Å². The van der Waals surface area contributed by atoms with Gasteiger partial charge in [0, 0.05) is 21.8 Å². The highest BCUT2D eigenvalue weighted by molar-refractivity contribution is 7.09. The molecule has 0 atom stereocenters. The number of esters is 1. The van der Waals surface area contributed by atoms with E-state index in [-0.39, 0.29) is 19.0 Å². The number of hydrogen-bond donors (Lipinski definition) is 0. The fraction of sp³-hybridized carbons (Fsp3) is 0.273. The Balaban J connectivity index is 1.52. The predicted molar refractivity (Wildman–Crippen MR) is 111 cm³/mol. The molecule has 2 aromatic heterocycles. The van der Waals surface area contributed by atoms with Gasteiger partial charge in [0.15, 0.2) is 13.2 Å². The number of benzene rings is 1. The summed E-state index contributed by atoms with van der Waals surface area (Å²) in [5.41, 5.74) is 2.43. The van der Waals surface area contributed by atoms with Gasteiger partial charge in [0.05, 0.1) is 13.7 Å². The number of ketones is 1. The summed E-state index contributed by atoms with van der Waals surface area (Å²) >= 11 is 1.68. The third kappa shape index (κ3) is 5.26. The lowest BCUT2D eigenvalue weighted by molar-refractivity contribution is -0.144. The van der Waals surface area contributed by atoms with Crippen LogP contribution in [0, 0.1) is 13.8 Å².